The van der Waals surface area contributed by atoms with Crippen LogP contribution in [0.4, 0.5) is 0 Å². The van der Waals surface area contributed by atoms with E-state index in [1.54, 1.807) is 6.20 Å². The molecule has 0 aliphatic heterocycles. The largest absolute Gasteiger partial charge is 0.324 e. The number of pyridine rings is 1. The Bertz CT molecular complexity index is 761. The predicted molar refractivity (Wildman–Crippen MR) is 84.8 cm³/mol. The van der Waals surface area contributed by atoms with Gasteiger partial charge in [0.1, 0.15) is 0 Å². The van der Waals surface area contributed by atoms with Crippen molar-refractivity contribution < 1.29 is 0 Å². The van der Waals surface area contributed by atoms with Crippen molar-refractivity contribution in [2.24, 2.45) is 5.73 Å². The minimum atomic E-state index is -0.0641. The Kier molecular flexibility index (Phi) is 3.43. The van der Waals surface area contributed by atoms with E-state index in [1.165, 1.54) is 0 Å². The van der Waals surface area contributed by atoms with Gasteiger partial charge in [-0.05, 0) is 41.8 Å². The molecule has 2 aromatic carbocycles. The predicted octanol–water partition coefficient (Wildman–Crippen LogP) is 4.57. The quantitative estimate of drug-likeness (QED) is 0.747. The van der Waals surface area contributed by atoms with Gasteiger partial charge in [0, 0.05) is 22.6 Å². The van der Waals surface area contributed by atoms with Gasteiger partial charge in [-0.3, -0.25) is 4.98 Å². The normalized spacial score (nSPS) is 12.6. The Morgan fingerprint density at radius 1 is 1.10 bits per heavy atom. The zero-order valence-electron chi connectivity index (χ0n) is 11.2. The van der Waals surface area contributed by atoms with Gasteiger partial charge in [0.15, 0.2) is 0 Å². The number of halogens is 1. The van der Waals surface area contributed by atoms with Crippen molar-refractivity contribution in [3.05, 3.63) is 65.3 Å². The highest BCUT2D eigenvalue weighted by molar-refractivity contribution is 6.31. The summed E-state index contributed by atoms with van der Waals surface area (Å²) in [5, 5.41) is 1.83. The summed E-state index contributed by atoms with van der Waals surface area (Å²) < 4.78 is 0. The minimum absolute atomic E-state index is 0.0641. The van der Waals surface area contributed by atoms with E-state index in [9.17, 15) is 0 Å². The van der Waals surface area contributed by atoms with E-state index in [4.69, 9.17) is 17.3 Å². The molecule has 2 N–H and O–H groups in total. The third kappa shape index (κ3) is 2.28. The Morgan fingerprint density at radius 3 is 2.70 bits per heavy atom. The van der Waals surface area contributed by atoms with E-state index in [0.717, 1.165) is 27.6 Å². The van der Waals surface area contributed by atoms with Crippen molar-refractivity contribution in [3.8, 4) is 11.1 Å². The number of aromatic nitrogens is 1. The fourth-order valence-corrected chi connectivity index (χ4v) is 2.77. The van der Waals surface area contributed by atoms with Gasteiger partial charge in [-0.15, -0.1) is 0 Å². The van der Waals surface area contributed by atoms with Gasteiger partial charge < -0.3 is 5.73 Å². The summed E-state index contributed by atoms with van der Waals surface area (Å²) in [5.74, 6) is 0. The number of hydrogen-bond donors (Lipinski definition) is 1. The number of benzene rings is 2. The lowest BCUT2D eigenvalue weighted by atomic mass is 9.98. The average molecular weight is 283 g/mol. The molecule has 1 atom stereocenters. The van der Waals surface area contributed by atoms with Crippen LogP contribution in [0, 0.1) is 0 Å². The molecule has 1 heterocycles. The van der Waals surface area contributed by atoms with Crippen LogP contribution in [0.3, 0.4) is 0 Å². The smallest absolute Gasteiger partial charge is 0.0708 e. The van der Waals surface area contributed by atoms with E-state index in [1.807, 2.05) is 37.3 Å². The highest BCUT2D eigenvalue weighted by Gasteiger charge is 2.09. The Balaban J connectivity index is 2.19. The monoisotopic (exact) mass is 282 g/mol. The standard InChI is InChI=1S/C17H15ClN2/c1-11(19)13-8-7-12(10-16(13)18)14-4-2-6-17-15(14)5-3-9-20-17/h2-11H,19H2,1H3. The highest BCUT2D eigenvalue weighted by atomic mass is 35.5. The van der Waals surface area contributed by atoms with Crippen LogP contribution < -0.4 is 5.73 Å². The molecule has 0 bridgehead atoms. The summed E-state index contributed by atoms with van der Waals surface area (Å²) >= 11 is 6.33. The minimum Gasteiger partial charge on any atom is -0.324 e. The third-order valence-electron chi connectivity index (χ3n) is 3.45. The van der Waals surface area contributed by atoms with E-state index >= 15 is 0 Å². The number of fused-ring (bicyclic) bond motifs is 1. The van der Waals surface area contributed by atoms with Crippen LogP contribution in [0.1, 0.15) is 18.5 Å². The van der Waals surface area contributed by atoms with Gasteiger partial charge in [0.25, 0.3) is 0 Å². The number of hydrogen-bond acceptors (Lipinski definition) is 2. The van der Waals surface area contributed by atoms with E-state index in [0.29, 0.717) is 5.02 Å². The molecular weight excluding hydrogens is 268 g/mol. The maximum absolute atomic E-state index is 6.33. The lowest BCUT2D eigenvalue weighted by molar-refractivity contribution is 0.819. The molecule has 3 heteroatoms. The van der Waals surface area contributed by atoms with Crippen LogP contribution in [0.5, 0.6) is 0 Å². The molecule has 0 spiro atoms. The van der Waals surface area contributed by atoms with Crippen LogP contribution in [0.2, 0.25) is 5.02 Å². The molecule has 0 fully saturated rings. The molecule has 0 amide bonds. The van der Waals surface area contributed by atoms with Crippen LogP contribution >= 0.6 is 11.6 Å². The van der Waals surface area contributed by atoms with Gasteiger partial charge >= 0.3 is 0 Å². The summed E-state index contributed by atoms with van der Waals surface area (Å²) in [6.45, 7) is 1.93. The fourth-order valence-electron chi connectivity index (χ4n) is 2.42. The summed E-state index contributed by atoms with van der Waals surface area (Å²) in [6.07, 6.45) is 1.80. The van der Waals surface area contributed by atoms with Crippen LogP contribution in [-0.2, 0) is 0 Å². The average Bonchev–Trinajstić information content (AvgIpc) is 2.46. The molecular formula is C17H15ClN2. The second kappa shape index (κ2) is 5.23. The molecule has 1 aromatic heterocycles. The molecule has 3 aromatic rings. The van der Waals surface area contributed by atoms with Crippen LogP contribution in [0.15, 0.2) is 54.7 Å². The molecule has 0 saturated heterocycles. The first kappa shape index (κ1) is 13.1. The number of nitrogens with two attached hydrogens (primary N) is 1. The number of nitrogens with zero attached hydrogens (tertiary/aromatic N) is 1. The zero-order valence-corrected chi connectivity index (χ0v) is 11.9. The van der Waals surface area contributed by atoms with Crippen molar-refractivity contribution in [2.45, 2.75) is 13.0 Å². The summed E-state index contributed by atoms with van der Waals surface area (Å²) in [7, 11) is 0. The van der Waals surface area contributed by atoms with Gasteiger partial charge in [0.05, 0.1) is 5.52 Å². The molecule has 3 rings (SSSR count). The first-order valence-electron chi connectivity index (χ1n) is 6.56. The topological polar surface area (TPSA) is 38.9 Å². The van der Waals surface area contributed by atoms with Crippen molar-refractivity contribution in [2.75, 3.05) is 0 Å². The summed E-state index contributed by atoms with van der Waals surface area (Å²) in [6, 6.07) is 16.1. The lowest BCUT2D eigenvalue weighted by Gasteiger charge is -2.11. The first-order chi connectivity index (χ1) is 9.66. The second-order valence-corrected chi connectivity index (χ2v) is 5.31. The first-order valence-corrected chi connectivity index (χ1v) is 6.94. The summed E-state index contributed by atoms with van der Waals surface area (Å²) in [4.78, 5) is 4.38. The molecule has 0 aliphatic carbocycles. The van der Waals surface area contributed by atoms with E-state index in [2.05, 4.69) is 23.2 Å². The van der Waals surface area contributed by atoms with Crippen LogP contribution in [0.25, 0.3) is 22.0 Å². The van der Waals surface area contributed by atoms with E-state index in [-0.39, 0.29) is 6.04 Å². The maximum atomic E-state index is 6.33. The lowest BCUT2D eigenvalue weighted by Crippen LogP contribution is -2.05. The van der Waals surface area contributed by atoms with E-state index < -0.39 is 0 Å². The Morgan fingerprint density at radius 2 is 1.95 bits per heavy atom. The highest BCUT2D eigenvalue weighted by Crippen LogP contribution is 2.32. The summed E-state index contributed by atoms with van der Waals surface area (Å²) in [5.41, 5.74) is 10.1. The van der Waals surface area contributed by atoms with Gasteiger partial charge in [-0.1, -0.05) is 41.9 Å². The molecule has 0 saturated carbocycles. The van der Waals surface area contributed by atoms with Crippen molar-refractivity contribution in [1.82, 2.24) is 4.98 Å². The Hall–Kier alpha value is -1.90. The Labute approximate surface area is 123 Å². The molecule has 0 radical (unpaired) electrons. The molecule has 0 aliphatic rings. The van der Waals surface area contributed by atoms with Gasteiger partial charge in [0.2, 0.25) is 0 Å². The molecule has 1 unspecified atom stereocenters. The third-order valence-corrected chi connectivity index (χ3v) is 3.78. The van der Waals surface area contributed by atoms with Gasteiger partial charge in [-0.25, -0.2) is 0 Å². The maximum Gasteiger partial charge on any atom is 0.0708 e. The number of rotatable bonds is 2. The van der Waals surface area contributed by atoms with Crippen LogP contribution in [-0.4, -0.2) is 4.98 Å². The second-order valence-electron chi connectivity index (χ2n) is 4.90. The SMILES string of the molecule is CC(N)c1ccc(-c2cccc3ncccc23)cc1Cl. The molecule has 100 valence electrons. The van der Waals surface area contributed by atoms with Crippen molar-refractivity contribution in [3.63, 3.8) is 0 Å². The fraction of sp³-hybridized carbons (Fsp3) is 0.118. The van der Waals surface area contributed by atoms with Crippen molar-refractivity contribution >= 4 is 22.5 Å². The van der Waals surface area contributed by atoms with Crippen molar-refractivity contribution in [1.29, 1.82) is 0 Å². The molecule has 2 nitrogen and oxygen atoms in total. The van der Waals surface area contributed by atoms with Gasteiger partial charge in [-0.2, -0.15) is 0 Å². The molecule has 20 heavy (non-hydrogen) atoms. The zero-order chi connectivity index (χ0) is 14.1.